The standard InChI is InChI=1S/C19H20BrN3O2.C14H11BrClNO2.C5H12N2O.ClH/c1-22-16(10-13-2-4-14(20)5-3-13)11-18-17(19(22)24)12-21-23(18)15-6-8-25-9-7-15;1-17-11(6-9-2-4-10(15)5-3-9)7-13(16)12(8-18)14(17)19;6-7-5-1-3-8-4-2-5;/h2-5,11-12,15H,6-10H2,1H3;2-5,7-8H,6H2,1H3;5,7H,1-4,6H2;1H. The monoisotopic (exact) mass is 892 g/mol. The van der Waals surface area contributed by atoms with E-state index in [0.29, 0.717) is 36.6 Å². The minimum Gasteiger partial charge on any atom is -0.381 e. The number of rotatable bonds is 7. The number of fused-ring (bicyclic) bond motifs is 1. The van der Waals surface area contributed by atoms with Gasteiger partial charge in [0.15, 0.2) is 6.29 Å². The second kappa shape index (κ2) is 20.5. The molecule has 0 amide bonds. The van der Waals surface area contributed by atoms with Crippen LogP contribution in [-0.2, 0) is 36.4 Å². The predicted molar refractivity (Wildman–Crippen MR) is 218 cm³/mol. The molecule has 2 saturated heterocycles. The average Bonchev–Trinajstić information content (AvgIpc) is 3.60. The molecule has 11 nitrogen and oxygen atoms in total. The molecule has 0 spiro atoms. The number of benzene rings is 2. The smallest absolute Gasteiger partial charge is 0.262 e. The number of aromatic nitrogens is 4. The van der Waals surface area contributed by atoms with E-state index in [4.69, 9.17) is 26.9 Å². The maximum atomic E-state index is 12.8. The Bertz CT molecular complexity index is 2080. The summed E-state index contributed by atoms with van der Waals surface area (Å²) in [4.78, 5) is 35.5. The van der Waals surface area contributed by atoms with Crippen molar-refractivity contribution in [1.29, 1.82) is 0 Å². The highest BCUT2D eigenvalue weighted by atomic mass is 79.9. The first-order valence-corrected chi connectivity index (χ1v) is 19.1. The first kappa shape index (κ1) is 42.6. The molecule has 15 heteroatoms. The molecule has 5 aromatic rings. The number of aldehydes is 1. The van der Waals surface area contributed by atoms with Crippen molar-refractivity contribution in [2.45, 2.75) is 50.6 Å². The Labute approximate surface area is 336 Å². The van der Waals surface area contributed by atoms with E-state index in [1.54, 1.807) is 23.9 Å². The van der Waals surface area contributed by atoms with Crippen molar-refractivity contribution in [3.63, 3.8) is 0 Å². The second-order valence-corrected chi connectivity index (χ2v) is 15.0. The Balaban J connectivity index is 0.000000198. The van der Waals surface area contributed by atoms with Crippen molar-refractivity contribution in [3.05, 3.63) is 130 Å². The van der Waals surface area contributed by atoms with Gasteiger partial charge in [-0.05, 0) is 73.2 Å². The molecule has 2 aromatic carbocycles. The first-order chi connectivity index (χ1) is 25.1. The van der Waals surface area contributed by atoms with Gasteiger partial charge in [-0.1, -0.05) is 67.7 Å². The number of nitrogens with two attached hydrogens (primary N) is 1. The zero-order chi connectivity index (χ0) is 37.2. The Morgan fingerprint density at radius 2 is 1.32 bits per heavy atom. The number of pyridine rings is 2. The van der Waals surface area contributed by atoms with Gasteiger partial charge in [0.1, 0.15) is 0 Å². The first-order valence-electron chi connectivity index (χ1n) is 17.1. The third-order valence-corrected chi connectivity index (χ3v) is 10.7. The number of hydrogen-bond acceptors (Lipinski definition) is 8. The number of hydrogen-bond donors (Lipinski definition) is 2. The number of carbonyl (C=O) groups is 1. The number of nitrogens with one attached hydrogen (secondary N) is 1. The fourth-order valence-electron chi connectivity index (χ4n) is 6.13. The third kappa shape index (κ3) is 11.2. The summed E-state index contributed by atoms with van der Waals surface area (Å²) < 4.78 is 17.8. The molecular weight excluding hydrogens is 851 g/mol. The Kier molecular flexibility index (Phi) is 16.5. The van der Waals surface area contributed by atoms with E-state index in [1.165, 1.54) is 10.1 Å². The van der Waals surface area contributed by atoms with Crippen molar-refractivity contribution >= 4 is 73.1 Å². The largest absolute Gasteiger partial charge is 0.381 e. The lowest BCUT2D eigenvalue weighted by molar-refractivity contribution is 0.0675. The molecule has 0 atom stereocenters. The highest BCUT2D eigenvalue weighted by Gasteiger charge is 2.20. The number of hydrazine groups is 1. The van der Waals surface area contributed by atoms with Crippen LogP contribution in [0.1, 0.15) is 64.6 Å². The van der Waals surface area contributed by atoms with Gasteiger partial charge in [0.25, 0.3) is 11.1 Å². The zero-order valence-corrected chi connectivity index (χ0v) is 34.3. The molecule has 0 radical (unpaired) electrons. The van der Waals surface area contributed by atoms with Gasteiger partial charge in [-0.15, -0.1) is 12.4 Å². The number of halogens is 4. The van der Waals surface area contributed by atoms with Gasteiger partial charge >= 0.3 is 0 Å². The van der Waals surface area contributed by atoms with E-state index in [2.05, 4.69) is 60.6 Å². The second-order valence-electron chi connectivity index (χ2n) is 12.8. The quantitative estimate of drug-likeness (QED) is 0.105. The van der Waals surface area contributed by atoms with Crippen molar-refractivity contribution in [2.75, 3.05) is 26.4 Å². The molecule has 0 bridgehead atoms. The van der Waals surface area contributed by atoms with Gasteiger partial charge in [-0.3, -0.25) is 30.3 Å². The Morgan fingerprint density at radius 3 is 1.81 bits per heavy atom. The van der Waals surface area contributed by atoms with E-state index >= 15 is 0 Å². The van der Waals surface area contributed by atoms with Crippen LogP contribution in [0.3, 0.4) is 0 Å². The lowest BCUT2D eigenvalue weighted by atomic mass is 10.1. The lowest BCUT2D eigenvalue weighted by Crippen LogP contribution is -2.39. The van der Waals surface area contributed by atoms with Crippen LogP contribution in [0.25, 0.3) is 10.9 Å². The van der Waals surface area contributed by atoms with Crippen LogP contribution in [0.5, 0.6) is 0 Å². The van der Waals surface area contributed by atoms with Gasteiger partial charge in [-0.25, -0.2) is 0 Å². The summed E-state index contributed by atoms with van der Waals surface area (Å²) in [5, 5.41) is 5.41. The van der Waals surface area contributed by atoms with Crippen LogP contribution in [0.4, 0.5) is 0 Å². The third-order valence-electron chi connectivity index (χ3n) is 9.33. The summed E-state index contributed by atoms with van der Waals surface area (Å²) in [5.41, 5.74) is 7.31. The Hall–Kier alpha value is -3.14. The molecule has 284 valence electrons. The summed E-state index contributed by atoms with van der Waals surface area (Å²) in [5.74, 6) is 5.20. The van der Waals surface area contributed by atoms with Gasteiger partial charge in [0, 0.05) is 79.7 Å². The molecule has 0 aliphatic carbocycles. The van der Waals surface area contributed by atoms with Crippen LogP contribution < -0.4 is 22.4 Å². The molecule has 2 aliphatic heterocycles. The number of nitrogens with zero attached hydrogens (tertiary/aromatic N) is 4. The van der Waals surface area contributed by atoms with Crippen molar-refractivity contribution in [3.8, 4) is 0 Å². The number of carbonyl (C=O) groups excluding carboxylic acids is 1. The zero-order valence-electron chi connectivity index (χ0n) is 29.6. The highest BCUT2D eigenvalue weighted by Crippen LogP contribution is 2.25. The highest BCUT2D eigenvalue weighted by molar-refractivity contribution is 9.10. The van der Waals surface area contributed by atoms with E-state index in [1.807, 2.05) is 48.1 Å². The molecule has 2 aliphatic rings. The summed E-state index contributed by atoms with van der Waals surface area (Å²) in [6.45, 7) is 3.22. The molecule has 7 rings (SSSR count). The van der Waals surface area contributed by atoms with Crippen LogP contribution in [0.15, 0.2) is 85.4 Å². The fourth-order valence-corrected chi connectivity index (χ4v) is 6.91. The molecule has 3 N–H and O–H groups in total. The fraction of sp³-hybridized carbons (Fsp3) is 0.368. The summed E-state index contributed by atoms with van der Waals surface area (Å²) in [6.07, 6.45) is 7.48. The van der Waals surface area contributed by atoms with Crippen molar-refractivity contribution in [1.82, 2.24) is 24.3 Å². The predicted octanol–water partition coefficient (Wildman–Crippen LogP) is 6.69. The van der Waals surface area contributed by atoms with Gasteiger partial charge < -0.3 is 18.6 Å². The van der Waals surface area contributed by atoms with E-state index in [0.717, 1.165) is 83.5 Å². The van der Waals surface area contributed by atoms with Crippen LogP contribution in [0, 0.1) is 0 Å². The van der Waals surface area contributed by atoms with Gasteiger partial charge in [0.2, 0.25) is 0 Å². The number of ether oxygens (including phenoxy) is 2. The van der Waals surface area contributed by atoms with E-state index < -0.39 is 0 Å². The van der Waals surface area contributed by atoms with Crippen LogP contribution >= 0.6 is 55.9 Å². The topological polar surface area (TPSA) is 135 Å². The Morgan fingerprint density at radius 1 is 0.830 bits per heavy atom. The summed E-state index contributed by atoms with van der Waals surface area (Å²) in [7, 11) is 3.47. The summed E-state index contributed by atoms with van der Waals surface area (Å²) >= 11 is 12.8. The SMILES string of the molecule is Cl.Cn1c(Cc2ccc(Br)cc2)cc(Cl)c(C=O)c1=O.Cn1c(Cc2ccc(Br)cc2)cc2c(cnn2C2CCOCC2)c1=O.NNC1CCOCC1. The normalized spacial score (nSPS) is 14.8. The van der Waals surface area contributed by atoms with Crippen LogP contribution in [-0.4, -0.2) is 57.7 Å². The minimum absolute atomic E-state index is 0. The molecule has 0 unspecified atom stereocenters. The average molecular weight is 896 g/mol. The molecule has 2 fully saturated rings. The molecule has 5 heterocycles. The van der Waals surface area contributed by atoms with Crippen LogP contribution in [0.2, 0.25) is 5.02 Å². The molecule has 53 heavy (non-hydrogen) atoms. The van der Waals surface area contributed by atoms with E-state index in [-0.39, 0.29) is 34.1 Å². The maximum absolute atomic E-state index is 12.8. The molecule has 0 saturated carbocycles. The van der Waals surface area contributed by atoms with Crippen molar-refractivity contribution in [2.24, 2.45) is 19.9 Å². The lowest BCUT2D eigenvalue weighted by Gasteiger charge is -2.23. The van der Waals surface area contributed by atoms with Gasteiger partial charge in [-0.2, -0.15) is 5.10 Å². The van der Waals surface area contributed by atoms with Crippen molar-refractivity contribution < 1.29 is 14.3 Å². The molecule has 3 aromatic heterocycles. The van der Waals surface area contributed by atoms with Gasteiger partial charge in [0.05, 0.1) is 33.7 Å². The maximum Gasteiger partial charge on any atom is 0.262 e. The minimum atomic E-state index is -0.366. The molecular formula is C38H44Br2Cl2N6O5. The van der Waals surface area contributed by atoms with E-state index in [9.17, 15) is 14.4 Å². The summed E-state index contributed by atoms with van der Waals surface area (Å²) in [6, 6.07) is 20.6.